The second-order valence-corrected chi connectivity index (χ2v) is 8.71. The van der Waals surface area contributed by atoms with Crippen LogP contribution in [-0.2, 0) is 30.3 Å². The van der Waals surface area contributed by atoms with Gasteiger partial charge < -0.3 is 19.5 Å². The number of carboxylic acid groups (broad SMARTS) is 1. The molecule has 8 heteroatoms. The molecular formula is C24H34N2O6. The Morgan fingerprint density at radius 2 is 2.03 bits per heavy atom. The summed E-state index contributed by atoms with van der Waals surface area (Å²) < 4.78 is 11.1. The van der Waals surface area contributed by atoms with Crippen LogP contribution in [0.3, 0.4) is 0 Å². The molecule has 8 nitrogen and oxygen atoms in total. The van der Waals surface area contributed by atoms with Crippen LogP contribution >= 0.6 is 0 Å². The number of hydrogen-bond donors (Lipinski definition) is 2. The van der Waals surface area contributed by atoms with Crippen molar-refractivity contribution in [2.45, 2.75) is 76.1 Å². The molecule has 3 rings (SSSR count). The number of aryl methyl sites for hydroxylation is 1. The predicted molar refractivity (Wildman–Crippen MR) is 118 cm³/mol. The molecule has 0 aromatic heterocycles. The van der Waals surface area contributed by atoms with E-state index in [4.69, 9.17) is 9.47 Å². The van der Waals surface area contributed by atoms with E-state index in [0.717, 1.165) is 18.4 Å². The van der Waals surface area contributed by atoms with E-state index in [2.05, 4.69) is 5.32 Å². The number of hydrogen-bond acceptors (Lipinski definition) is 6. The minimum atomic E-state index is -1.01. The second-order valence-electron chi connectivity index (χ2n) is 8.71. The van der Waals surface area contributed by atoms with Crippen molar-refractivity contribution in [3.05, 3.63) is 35.9 Å². The summed E-state index contributed by atoms with van der Waals surface area (Å²) in [6, 6.07) is 7.51. The number of rotatable bonds is 9. The summed E-state index contributed by atoms with van der Waals surface area (Å²) in [5.74, 6) is -1.75. The van der Waals surface area contributed by atoms with Crippen LogP contribution in [0.1, 0.15) is 51.5 Å². The third-order valence-electron chi connectivity index (χ3n) is 6.42. The van der Waals surface area contributed by atoms with Gasteiger partial charge in [-0.1, -0.05) is 30.3 Å². The number of nitrogens with one attached hydrogen (secondary N) is 1. The number of benzene rings is 1. The summed E-state index contributed by atoms with van der Waals surface area (Å²) in [5.41, 5.74) is 0.639. The molecule has 1 spiro atoms. The van der Waals surface area contributed by atoms with Crippen LogP contribution in [0.15, 0.2) is 30.3 Å². The highest BCUT2D eigenvalue weighted by molar-refractivity contribution is 5.88. The van der Waals surface area contributed by atoms with Crippen molar-refractivity contribution in [2.75, 3.05) is 19.8 Å². The molecule has 0 saturated carbocycles. The monoisotopic (exact) mass is 446 g/mol. The highest BCUT2D eigenvalue weighted by Gasteiger charge is 2.47. The molecule has 0 bridgehead atoms. The van der Waals surface area contributed by atoms with Gasteiger partial charge in [0.2, 0.25) is 5.91 Å². The lowest BCUT2D eigenvalue weighted by Gasteiger charge is -2.44. The smallest absolute Gasteiger partial charge is 0.326 e. The zero-order valence-electron chi connectivity index (χ0n) is 18.9. The number of esters is 1. The molecule has 2 aliphatic rings. The van der Waals surface area contributed by atoms with E-state index in [9.17, 15) is 19.5 Å². The Bertz CT molecular complexity index is 793. The second kappa shape index (κ2) is 10.9. The van der Waals surface area contributed by atoms with Crippen LogP contribution in [0.4, 0.5) is 0 Å². The van der Waals surface area contributed by atoms with Crippen LogP contribution in [0, 0.1) is 0 Å². The molecule has 1 aromatic carbocycles. The Balaban J connectivity index is 1.69. The topological polar surface area (TPSA) is 105 Å². The molecule has 2 aliphatic heterocycles. The molecule has 2 unspecified atom stereocenters. The molecule has 2 fully saturated rings. The molecular weight excluding hydrogens is 412 g/mol. The van der Waals surface area contributed by atoms with E-state index >= 15 is 0 Å². The summed E-state index contributed by atoms with van der Waals surface area (Å²) in [5, 5.41) is 12.8. The SMILES string of the molecule is CCOC(=O)[C@H](CCc1ccccc1)NC(C)C(=O)N1CC2(CCCO2)CC[C@H]1C(=O)O. The quantitative estimate of drug-likeness (QED) is 0.560. The lowest BCUT2D eigenvalue weighted by molar-refractivity contribution is -0.161. The fourth-order valence-corrected chi connectivity index (χ4v) is 4.71. The van der Waals surface area contributed by atoms with Gasteiger partial charge in [0.1, 0.15) is 12.1 Å². The summed E-state index contributed by atoms with van der Waals surface area (Å²) >= 11 is 0. The lowest BCUT2D eigenvalue weighted by atomic mass is 9.86. The Morgan fingerprint density at radius 3 is 2.66 bits per heavy atom. The van der Waals surface area contributed by atoms with Gasteiger partial charge in [0.15, 0.2) is 0 Å². The largest absolute Gasteiger partial charge is 0.480 e. The number of amides is 1. The minimum absolute atomic E-state index is 0.248. The zero-order valence-corrected chi connectivity index (χ0v) is 18.9. The number of ether oxygens (including phenoxy) is 2. The number of nitrogens with zero attached hydrogens (tertiary/aromatic N) is 1. The molecule has 0 radical (unpaired) electrons. The van der Waals surface area contributed by atoms with Gasteiger partial charge in [-0.2, -0.15) is 0 Å². The van der Waals surface area contributed by atoms with Crippen LogP contribution in [-0.4, -0.2) is 71.3 Å². The van der Waals surface area contributed by atoms with E-state index < -0.39 is 35.7 Å². The summed E-state index contributed by atoms with van der Waals surface area (Å²) in [4.78, 5) is 39.2. The Labute approximate surface area is 189 Å². The molecule has 1 amide bonds. The number of carboxylic acids is 1. The van der Waals surface area contributed by atoms with E-state index in [1.54, 1.807) is 13.8 Å². The highest BCUT2D eigenvalue weighted by atomic mass is 16.5. The number of carbonyl (C=O) groups is 3. The van der Waals surface area contributed by atoms with Gasteiger partial charge in [-0.25, -0.2) is 4.79 Å². The normalized spacial score (nSPS) is 24.8. The average molecular weight is 447 g/mol. The average Bonchev–Trinajstić information content (AvgIpc) is 3.24. The third-order valence-corrected chi connectivity index (χ3v) is 6.42. The maximum absolute atomic E-state index is 13.3. The van der Waals surface area contributed by atoms with Gasteiger partial charge in [0.05, 0.1) is 24.8 Å². The van der Waals surface area contributed by atoms with E-state index in [-0.39, 0.29) is 19.1 Å². The van der Waals surface area contributed by atoms with Gasteiger partial charge >= 0.3 is 11.9 Å². The molecule has 1 aromatic rings. The van der Waals surface area contributed by atoms with Crippen molar-refractivity contribution in [3.63, 3.8) is 0 Å². The van der Waals surface area contributed by atoms with E-state index in [1.165, 1.54) is 4.90 Å². The molecule has 2 saturated heterocycles. The van der Waals surface area contributed by atoms with Crippen LogP contribution in [0.2, 0.25) is 0 Å². The summed E-state index contributed by atoms with van der Waals surface area (Å²) in [6.07, 6.45) is 3.86. The standard InChI is InChI=1S/C24H34N2O6/c1-3-31-23(30)19(11-10-18-8-5-4-6-9-18)25-17(2)21(27)26-16-24(13-7-15-32-24)14-12-20(26)22(28)29/h4-6,8-9,17,19-20,25H,3,7,10-16H2,1-2H3,(H,28,29)/t17?,19-,20-,24?/m0/s1. The molecule has 4 atom stereocenters. The predicted octanol–water partition coefficient (Wildman–Crippen LogP) is 2.15. The number of likely N-dealkylation sites (tertiary alicyclic amines) is 1. The summed E-state index contributed by atoms with van der Waals surface area (Å²) in [7, 11) is 0. The van der Waals surface area contributed by atoms with Crippen molar-refractivity contribution >= 4 is 17.8 Å². The van der Waals surface area contributed by atoms with E-state index in [0.29, 0.717) is 32.3 Å². The molecule has 0 aliphatic carbocycles. The van der Waals surface area contributed by atoms with Gasteiger partial charge in [0, 0.05) is 6.61 Å². The first-order chi connectivity index (χ1) is 15.3. The van der Waals surface area contributed by atoms with E-state index in [1.807, 2.05) is 30.3 Å². The molecule has 176 valence electrons. The van der Waals surface area contributed by atoms with Gasteiger partial charge in [-0.05, 0) is 57.9 Å². The number of piperidine rings is 1. The van der Waals surface area contributed by atoms with Crippen LogP contribution < -0.4 is 5.32 Å². The number of carbonyl (C=O) groups excluding carboxylic acids is 2. The maximum atomic E-state index is 13.3. The molecule has 2 heterocycles. The van der Waals surface area contributed by atoms with Crippen LogP contribution in [0.25, 0.3) is 0 Å². The first-order valence-electron chi connectivity index (χ1n) is 11.5. The fourth-order valence-electron chi connectivity index (χ4n) is 4.71. The maximum Gasteiger partial charge on any atom is 0.326 e. The lowest BCUT2D eigenvalue weighted by Crippen LogP contribution is -2.61. The van der Waals surface area contributed by atoms with Gasteiger partial charge in [-0.15, -0.1) is 0 Å². The van der Waals surface area contributed by atoms with Crippen molar-refractivity contribution in [1.29, 1.82) is 0 Å². The minimum Gasteiger partial charge on any atom is -0.480 e. The Hall–Kier alpha value is -2.45. The Kier molecular flexibility index (Phi) is 8.26. The highest BCUT2D eigenvalue weighted by Crippen LogP contribution is 2.37. The third kappa shape index (κ3) is 5.86. The zero-order chi connectivity index (χ0) is 23.1. The van der Waals surface area contributed by atoms with Crippen molar-refractivity contribution < 1.29 is 29.0 Å². The molecule has 2 N–H and O–H groups in total. The van der Waals surface area contributed by atoms with Crippen LogP contribution in [0.5, 0.6) is 0 Å². The van der Waals surface area contributed by atoms with Crippen molar-refractivity contribution in [1.82, 2.24) is 10.2 Å². The summed E-state index contributed by atoms with van der Waals surface area (Å²) in [6.45, 7) is 4.57. The first kappa shape index (κ1) is 24.2. The van der Waals surface area contributed by atoms with Crippen molar-refractivity contribution in [3.8, 4) is 0 Å². The fraction of sp³-hybridized carbons (Fsp3) is 0.625. The number of aliphatic carboxylic acids is 1. The molecule has 32 heavy (non-hydrogen) atoms. The Morgan fingerprint density at radius 1 is 1.28 bits per heavy atom. The van der Waals surface area contributed by atoms with Crippen molar-refractivity contribution in [2.24, 2.45) is 0 Å². The van der Waals surface area contributed by atoms with Gasteiger partial charge in [0.25, 0.3) is 0 Å². The first-order valence-corrected chi connectivity index (χ1v) is 11.5. The van der Waals surface area contributed by atoms with Gasteiger partial charge in [-0.3, -0.25) is 14.9 Å².